The molecule has 1 aromatic heterocycles. The average molecular weight is 264 g/mol. The van der Waals surface area contributed by atoms with Gasteiger partial charge in [0.2, 0.25) is 5.91 Å². The highest BCUT2D eigenvalue weighted by molar-refractivity contribution is 5.77. The number of ether oxygens (including phenoxy) is 1. The first-order valence-electron chi connectivity index (χ1n) is 6.33. The Morgan fingerprint density at radius 2 is 2.21 bits per heavy atom. The summed E-state index contributed by atoms with van der Waals surface area (Å²) in [5.74, 6) is -0.628. The summed E-state index contributed by atoms with van der Waals surface area (Å²) in [6.07, 6.45) is 3.82. The van der Waals surface area contributed by atoms with Gasteiger partial charge >= 0.3 is 5.97 Å². The second-order valence-electron chi connectivity index (χ2n) is 4.41. The molecule has 5 heteroatoms. The van der Waals surface area contributed by atoms with Gasteiger partial charge in [0.1, 0.15) is 0 Å². The van der Waals surface area contributed by atoms with E-state index in [9.17, 15) is 9.59 Å². The number of amides is 1. The van der Waals surface area contributed by atoms with E-state index in [4.69, 9.17) is 0 Å². The van der Waals surface area contributed by atoms with E-state index in [-0.39, 0.29) is 17.8 Å². The first kappa shape index (κ1) is 15.1. The highest BCUT2D eigenvalue weighted by Crippen LogP contribution is 2.09. The Morgan fingerprint density at radius 3 is 2.74 bits per heavy atom. The summed E-state index contributed by atoms with van der Waals surface area (Å²) in [6.45, 7) is 4.38. The van der Waals surface area contributed by atoms with Crippen LogP contribution in [0.2, 0.25) is 0 Å². The number of hydrogen-bond donors (Lipinski definition) is 0. The van der Waals surface area contributed by atoms with Crippen molar-refractivity contribution in [3.8, 4) is 0 Å². The summed E-state index contributed by atoms with van der Waals surface area (Å²) >= 11 is 0. The zero-order valence-corrected chi connectivity index (χ0v) is 11.6. The zero-order valence-electron chi connectivity index (χ0n) is 11.6. The summed E-state index contributed by atoms with van der Waals surface area (Å²) in [6, 6.07) is 3.74. The van der Waals surface area contributed by atoms with Crippen molar-refractivity contribution in [2.75, 3.05) is 13.7 Å². The number of carbonyl (C=O) groups excluding carboxylic acids is 2. The van der Waals surface area contributed by atoms with Crippen LogP contribution in [0, 0.1) is 5.92 Å². The molecule has 0 saturated carbocycles. The van der Waals surface area contributed by atoms with Gasteiger partial charge in [-0.15, -0.1) is 0 Å². The van der Waals surface area contributed by atoms with E-state index in [0.29, 0.717) is 19.5 Å². The van der Waals surface area contributed by atoms with Crippen LogP contribution >= 0.6 is 0 Å². The van der Waals surface area contributed by atoms with Crippen LogP contribution in [0.3, 0.4) is 0 Å². The first-order chi connectivity index (χ1) is 9.08. The Hall–Kier alpha value is -1.91. The summed E-state index contributed by atoms with van der Waals surface area (Å²) in [5, 5.41) is 0. The molecule has 0 fully saturated rings. The van der Waals surface area contributed by atoms with Crippen molar-refractivity contribution in [1.29, 1.82) is 0 Å². The topological polar surface area (TPSA) is 59.5 Å². The maximum atomic E-state index is 11.9. The number of methoxy groups -OCH3 is 1. The molecule has 1 amide bonds. The van der Waals surface area contributed by atoms with Crippen molar-refractivity contribution in [1.82, 2.24) is 9.88 Å². The molecule has 1 atom stereocenters. The number of aromatic nitrogens is 1. The second kappa shape index (κ2) is 7.51. The molecule has 0 radical (unpaired) electrons. The molecule has 0 bridgehead atoms. The Kier molecular flexibility index (Phi) is 5.99. The van der Waals surface area contributed by atoms with Gasteiger partial charge < -0.3 is 9.64 Å². The average Bonchev–Trinajstić information content (AvgIpc) is 2.45. The summed E-state index contributed by atoms with van der Waals surface area (Å²) < 4.78 is 4.69. The predicted octanol–water partition coefficient (Wildman–Crippen LogP) is 1.63. The van der Waals surface area contributed by atoms with Crippen LogP contribution in [0.5, 0.6) is 0 Å². The SMILES string of the molecule is CCC(=O)N(Cc1cccnc1)CC(C)C(=O)OC. The van der Waals surface area contributed by atoms with Crippen LogP contribution in [0.15, 0.2) is 24.5 Å². The minimum atomic E-state index is -0.336. The van der Waals surface area contributed by atoms with Crippen molar-refractivity contribution >= 4 is 11.9 Å². The van der Waals surface area contributed by atoms with Gasteiger partial charge in [0.25, 0.3) is 0 Å². The molecule has 0 aromatic carbocycles. The van der Waals surface area contributed by atoms with Gasteiger partial charge in [-0.05, 0) is 11.6 Å². The molecule has 0 N–H and O–H groups in total. The van der Waals surface area contributed by atoms with Crippen molar-refractivity contribution in [2.45, 2.75) is 26.8 Å². The van der Waals surface area contributed by atoms with E-state index >= 15 is 0 Å². The van der Waals surface area contributed by atoms with E-state index in [0.717, 1.165) is 5.56 Å². The van der Waals surface area contributed by atoms with Crippen molar-refractivity contribution in [2.24, 2.45) is 5.92 Å². The van der Waals surface area contributed by atoms with E-state index in [1.165, 1.54) is 7.11 Å². The third-order valence-electron chi connectivity index (χ3n) is 2.85. The van der Waals surface area contributed by atoms with E-state index in [2.05, 4.69) is 9.72 Å². The second-order valence-corrected chi connectivity index (χ2v) is 4.41. The quantitative estimate of drug-likeness (QED) is 0.733. The van der Waals surface area contributed by atoms with Crippen LogP contribution in [0.4, 0.5) is 0 Å². The molecule has 1 aromatic rings. The Balaban J connectivity index is 2.73. The van der Waals surface area contributed by atoms with E-state index in [1.807, 2.05) is 12.1 Å². The van der Waals surface area contributed by atoms with E-state index in [1.54, 1.807) is 31.1 Å². The van der Waals surface area contributed by atoms with Crippen LogP contribution in [0.1, 0.15) is 25.8 Å². The number of hydrogen-bond acceptors (Lipinski definition) is 4. The molecule has 0 aliphatic carbocycles. The molecule has 1 rings (SSSR count). The third-order valence-corrected chi connectivity index (χ3v) is 2.85. The maximum absolute atomic E-state index is 11.9. The number of carbonyl (C=O) groups is 2. The van der Waals surface area contributed by atoms with Crippen molar-refractivity contribution in [3.05, 3.63) is 30.1 Å². The minimum Gasteiger partial charge on any atom is -0.469 e. The summed E-state index contributed by atoms with van der Waals surface area (Å²) in [5.41, 5.74) is 0.946. The summed E-state index contributed by atoms with van der Waals surface area (Å²) in [4.78, 5) is 29.0. The lowest BCUT2D eigenvalue weighted by Crippen LogP contribution is -2.36. The largest absolute Gasteiger partial charge is 0.469 e. The monoisotopic (exact) mass is 264 g/mol. The first-order valence-corrected chi connectivity index (χ1v) is 6.33. The maximum Gasteiger partial charge on any atom is 0.310 e. The van der Waals surface area contributed by atoms with Gasteiger partial charge in [-0.25, -0.2) is 0 Å². The molecule has 104 valence electrons. The lowest BCUT2D eigenvalue weighted by Gasteiger charge is -2.24. The van der Waals surface area contributed by atoms with Gasteiger partial charge in [0.15, 0.2) is 0 Å². The number of nitrogens with zero attached hydrogens (tertiary/aromatic N) is 2. The Morgan fingerprint density at radius 1 is 1.47 bits per heavy atom. The molecule has 0 aliphatic rings. The van der Waals surface area contributed by atoms with Crippen LogP contribution < -0.4 is 0 Å². The van der Waals surface area contributed by atoms with Crippen molar-refractivity contribution < 1.29 is 14.3 Å². The minimum absolute atomic E-state index is 0.0135. The standard InChI is InChI=1S/C14H20N2O3/c1-4-13(17)16(9-11(2)14(18)19-3)10-12-6-5-7-15-8-12/h5-8,11H,4,9-10H2,1-3H3. The number of rotatable bonds is 6. The van der Waals surface area contributed by atoms with Gasteiger partial charge in [0, 0.05) is 31.9 Å². The lowest BCUT2D eigenvalue weighted by molar-refractivity contribution is -0.146. The summed E-state index contributed by atoms with van der Waals surface area (Å²) in [7, 11) is 1.35. The zero-order chi connectivity index (χ0) is 14.3. The number of pyridine rings is 1. The van der Waals surface area contributed by atoms with Crippen LogP contribution in [0.25, 0.3) is 0 Å². The molecule has 0 spiro atoms. The van der Waals surface area contributed by atoms with Gasteiger partial charge in [-0.2, -0.15) is 0 Å². The highest BCUT2D eigenvalue weighted by atomic mass is 16.5. The lowest BCUT2D eigenvalue weighted by atomic mass is 10.1. The molecule has 0 saturated heterocycles. The molecule has 1 heterocycles. The molecule has 1 unspecified atom stereocenters. The fourth-order valence-electron chi connectivity index (χ4n) is 1.80. The van der Waals surface area contributed by atoms with E-state index < -0.39 is 0 Å². The molecule has 0 aliphatic heterocycles. The van der Waals surface area contributed by atoms with Crippen LogP contribution in [-0.4, -0.2) is 35.4 Å². The smallest absolute Gasteiger partial charge is 0.310 e. The number of esters is 1. The fourth-order valence-corrected chi connectivity index (χ4v) is 1.80. The highest BCUT2D eigenvalue weighted by Gasteiger charge is 2.20. The van der Waals surface area contributed by atoms with Gasteiger partial charge in [0.05, 0.1) is 13.0 Å². The third kappa shape index (κ3) is 4.69. The van der Waals surface area contributed by atoms with Gasteiger partial charge in [-0.3, -0.25) is 14.6 Å². The van der Waals surface area contributed by atoms with Crippen LogP contribution in [-0.2, 0) is 20.9 Å². The normalized spacial score (nSPS) is 11.7. The molecular formula is C14H20N2O3. The Bertz CT molecular complexity index is 420. The molecular weight excluding hydrogens is 244 g/mol. The molecule has 19 heavy (non-hydrogen) atoms. The van der Waals surface area contributed by atoms with Gasteiger partial charge in [-0.1, -0.05) is 19.9 Å². The molecule has 5 nitrogen and oxygen atoms in total. The fraction of sp³-hybridized carbons (Fsp3) is 0.500. The predicted molar refractivity (Wildman–Crippen MR) is 71.1 cm³/mol. The Labute approximate surface area is 113 Å². The van der Waals surface area contributed by atoms with Crippen molar-refractivity contribution in [3.63, 3.8) is 0 Å².